The molecule has 1 saturated heterocycles. The highest BCUT2D eigenvalue weighted by Gasteiger charge is 2.34. The number of carbonyl (C=O) groups excluding carboxylic acids is 1. The summed E-state index contributed by atoms with van der Waals surface area (Å²) in [7, 11) is 0. The van der Waals surface area contributed by atoms with Gasteiger partial charge in [0.15, 0.2) is 0 Å². The Morgan fingerprint density at radius 3 is 2.57 bits per heavy atom. The predicted octanol–water partition coefficient (Wildman–Crippen LogP) is 2.29. The summed E-state index contributed by atoms with van der Waals surface area (Å²) in [6.45, 7) is 5.08. The quantitative estimate of drug-likeness (QED) is 0.653. The zero-order valence-electron chi connectivity index (χ0n) is 9.17. The van der Waals surface area contributed by atoms with Crippen molar-refractivity contribution in [2.45, 2.75) is 51.6 Å². The van der Waals surface area contributed by atoms with Crippen molar-refractivity contribution in [2.75, 3.05) is 13.2 Å². The maximum absolute atomic E-state index is 11.0. The fourth-order valence-electron chi connectivity index (χ4n) is 1.95. The molecule has 1 heterocycles. The minimum atomic E-state index is -0.222. The molecule has 0 bridgehead atoms. The third kappa shape index (κ3) is 3.29. The number of rotatable bonds is 4. The summed E-state index contributed by atoms with van der Waals surface area (Å²) in [5, 5.41) is 0. The van der Waals surface area contributed by atoms with Crippen LogP contribution in [0.15, 0.2) is 0 Å². The zero-order chi connectivity index (χ0) is 10.4. The number of esters is 1. The maximum atomic E-state index is 11.0. The van der Waals surface area contributed by atoms with E-state index in [-0.39, 0.29) is 11.6 Å². The van der Waals surface area contributed by atoms with Crippen molar-refractivity contribution in [1.82, 2.24) is 0 Å². The first-order valence-corrected chi connectivity index (χ1v) is 5.46. The average molecular weight is 200 g/mol. The van der Waals surface area contributed by atoms with E-state index in [1.807, 2.05) is 0 Å². The van der Waals surface area contributed by atoms with Crippen molar-refractivity contribution >= 4 is 5.97 Å². The second kappa shape index (κ2) is 5.35. The molecule has 1 aliphatic rings. The van der Waals surface area contributed by atoms with E-state index in [4.69, 9.17) is 9.47 Å². The third-order valence-corrected chi connectivity index (χ3v) is 2.75. The van der Waals surface area contributed by atoms with E-state index in [0.29, 0.717) is 0 Å². The molecule has 3 heteroatoms. The Hall–Kier alpha value is -0.570. The normalized spacial score (nSPS) is 20.4. The number of hydrogen-bond donors (Lipinski definition) is 0. The van der Waals surface area contributed by atoms with Gasteiger partial charge in [-0.15, -0.1) is 0 Å². The van der Waals surface area contributed by atoms with Crippen LogP contribution < -0.4 is 0 Å². The Morgan fingerprint density at radius 2 is 2.07 bits per heavy atom. The van der Waals surface area contributed by atoms with Crippen LogP contribution in [-0.4, -0.2) is 24.8 Å². The Labute approximate surface area is 85.8 Å². The van der Waals surface area contributed by atoms with Gasteiger partial charge in [0.2, 0.25) is 0 Å². The number of carbonyl (C=O) groups is 1. The summed E-state index contributed by atoms with van der Waals surface area (Å²) >= 11 is 0. The average Bonchev–Trinajstić information content (AvgIpc) is 2.15. The molecule has 0 amide bonds. The fraction of sp³-hybridized carbons (Fsp3) is 0.909. The molecule has 0 unspecified atom stereocenters. The van der Waals surface area contributed by atoms with Gasteiger partial charge in [-0.2, -0.15) is 0 Å². The van der Waals surface area contributed by atoms with Crippen molar-refractivity contribution in [1.29, 1.82) is 0 Å². The van der Waals surface area contributed by atoms with E-state index in [1.165, 1.54) is 6.92 Å². The molecule has 1 aliphatic heterocycles. The molecular weight excluding hydrogens is 180 g/mol. The van der Waals surface area contributed by atoms with Crippen LogP contribution in [0.2, 0.25) is 0 Å². The van der Waals surface area contributed by atoms with Crippen LogP contribution >= 0.6 is 0 Å². The van der Waals surface area contributed by atoms with E-state index in [9.17, 15) is 4.79 Å². The largest absolute Gasteiger partial charge is 0.459 e. The number of hydrogen-bond acceptors (Lipinski definition) is 3. The number of unbranched alkanes of at least 4 members (excludes halogenated alkanes) is 1. The lowest BCUT2D eigenvalue weighted by atomic mass is 9.88. The minimum absolute atomic E-state index is 0.164. The first-order chi connectivity index (χ1) is 6.68. The summed E-state index contributed by atoms with van der Waals surface area (Å²) < 4.78 is 10.8. The molecule has 0 aromatic heterocycles. The van der Waals surface area contributed by atoms with Gasteiger partial charge in [0, 0.05) is 19.8 Å². The summed E-state index contributed by atoms with van der Waals surface area (Å²) in [6, 6.07) is 0. The highest BCUT2D eigenvalue weighted by atomic mass is 16.6. The fourth-order valence-corrected chi connectivity index (χ4v) is 1.95. The van der Waals surface area contributed by atoms with Crippen molar-refractivity contribution in [3.05, 3.63) is 0 Å². The summed E-state index contributed by atoms with van der Waals surface area (Å²) in [6.07, 6.45) is 4.95. The van der Waals surface area contributed by atoms with Crippen molar-refractivity contribution < 1.29 is 14.3 Å². The molecular formula is C11H20O3. The van der Waals surface area contributed by atoms with Crippen LogP contribution in [0.25, 0.3) is 0 Å². The van der Waals surface area contributed by atoms with Gasteiger partial charge >= 0.3 is 5.97 Å². The minimum Gasteiger partial charge on any atom is -0.459 e. The molecule has 0 aromatic rings. The van der Waals surface area contributed by atoms with Gasteiger partial charge in [-0.1, -0.05) is 13.3 Å². The molecule has 0 N–H and O–H groups in total. The van der Waals surface area contributed by atoms with Crippen LogP contribution in [-0.2, 0) is 14.3 Å². The molecule has 0 aromatic carbocycles. The molecule has 3 nitrogen and oxygen atoms in total. The first-order valence-electron chi connectivity index (χ1n) is 5.46. The van der Waals surface area contributed by atoms with Crippen LogP contribution in [0.4, 0.5) is 0 Å². The van der Waals surface area contributed by atoms with Crippen molar-refractivity contribution in [3.63, 3.8) is 0 Å². The molecule has 82 valence electrons. The van der Waals surface area contributed by atoms with Crippen LogP contribution in [0.5, 0.6) is 0 Å². The highest BCUT2D eigenvalue weighted by molar-refractivity contribution is 5.66. The van der Waals surface area contributed by atoms with Gasteiger partial charge in [0.05, 0.1) is 13.2 Å². The standard InChI is InChI=1S/C11H20O3/c1-3-4-5-11(14-10(2)12)6-8-13-9-7-11/h3-9H2,1-2H3. The smallest absolute Gasteiger partial charge is 0.303 e. The molecule has 0 aliphatic carbocycles. The van der Waals surface area contributed by atoms with Gasteiger partial charge < -0.3 is 9.47 Å². The van der Waals surface area contributed by atoms with Gasteiger partial charge in [-0.05, 0) is 12.8 Å². The Balaban J connectivity index is 2.52. The zero-order valence-corrected chi connectivity index (χ0v) is 9.17. The second-order valence-electron chi connectivity index (χ2n) is 3.99. The molecule has 1 fully saturated rings. The van der Waals surface area contributed by atoms with Gasteiger partial charge in [0.25, 0.3) is 0 Å². The maximum Gasteiger partial charge on any atom is 0.303 e. The summed E-state index contributed by atoms with van der Waals surface area (Å²) in [5.41, 5.74) is -0.222. The van der Waals surface area contributed by atoms with Gasteiger partial charge in [-0.25, -0.2) is 0 Å². The van der Waals surface area contributed by atoms with Gasteiger partial charge in [0.1, 0.15) is 5.60 Å². The Kier molecular flexibility index (Phi) is 4.39. The van der Waals surface area contributed by atoms with Crippen molar-refractivity contribution in [3.8, 4) is 0 Å². The monoisotopic (exact) mass is 200 g/mol. The second-order valence-corrected chi connectivity index (χ2v) is 3.99. The topological polar surface area (TPSA) is 35.5 Å². The van der Waals surface area contributed by atoms with E-state index in [1.54, 1.807) is 0 Å². The lowest BCUT2D eigenvalue weighted by Crippen LogP contribution is -2.40. The summed E-state index contributed by atoms with van der Waals surface area (Å²) in [5.74, 6) is -0.164. The Morgan fingerprint density at radius 1 is 1.43 bits per heavy atom. The van der Waals surface area contributed by atoms with Gasteiger partial charge in [-0.3, -0.25) is 4.79 Å². The highest BCUT2D eigenvalue weighted by Crippen LogP contribution is 2.30. The SMILES string of the molecule is CCCCC1(OC(C)=O)CCOCC1. The van der Waals surface area contributed by atoms with E-state index in [2.05, 4.69) is 6.92 Å². The first kappa shape index (κ1) is 11.5. The third-order valence-electron chi connectivity index (χ3n) is 2.75. The van der Waals surface area contributed by atoms with Crippen LogP contribution in [0, 0.1) is 0 Å². The van der Waals surface area contributed by atoms with Crippen LogP contribution in [0.1, 0.15) is 46.0 Å². The molecule has 0 saturated carbocycles. The predicted molar refractivity (Wildman–Crippen MR) is 54.1 cm³/mol. The van der Waals surface area contributed by atoms with Crippen molar-refractivity contribution in [2.24, 2.45) is 0 Å². The van der Waals surface area contributed by atoms with Crippen LogP contribution in [0.3, 0.4) is 0 Å². The molecule has 0 spiro atoms. The molecule has 0 atom stereocenters. The summed E-state index contributed by atoms with van der Waals surface area (Å²) in [4.78, 5) is 11.0. The van der Waals surface area contributed by atoms with E-state index < -0.39 is 0 Å². The Bertz CT molecular complexity index is 183. The number of ether oxygens (including phenoxy) is 2. The lowest BCUT2D eigenvalue weighted by Gasteiger charge is -2.36. The lowest BCUT2D eigenvalue weighted by molar-refractivity contribution is -0.168. The molecule has 1 rings (SSSR count). The molecule has 14 heavy (non-hydrogen) atoms. The van der Waals surface area contributed by atoms with E-state index in [0.717, 1.165) is 45.3 Å². The molecule has 0 radical (unpaired) electrons. The van der Waals surface area contributed by atoms with E-state index >= 15 is 0 Å².